The first-order chi connectivity index (χ1) is 14.4. The van der Waals surface area contributed by atoms with E-state index in [0.29, 0.717) is 28.9 Å². The number of carbonyl (C=O) groups excluding carboxylic acids is 2. The Morgan fingerprint density at radius 2 is 1.80 bits per heavy atom. The number of benzene rings is 1. The average Bonchev–Trinajstić information content (AvgIpc) is 3.11. The number of aromatic amines is 1. The van der Waals surface area contributed by atoms with Crippen LogP contribution in [0.15, 0.2) is 36.5 Å². The van der Waals surface area contributed by atoms with Crippen LogP contribution in [0.1, 0.15) is 23.1 Å². The Morgan fingerprint density at radius 3 is 2.47 bits per heavy atom. The number of aryl methyl sites for hydroxylation is 1. The summed E-state index contributed by atoms with van der Waals surface area (Å²) in [6.07, 6.45) is 1.44. The molecule has 0 saturated heterocycles. The van der Waals surface area contributed by atoms with E-state index < -0.39 is 5.91 Å². The highest BCUT2D eigenvalue weighted by Crippen LogP contribution is 2.22. The lowest BCUT2D eigenvalue weighted by Crippen LogP contribution is -2.34. The molecule has 0 atom stereocenters. The van der Waals surface area contributed by atoms with Gasteiger partial charge < -0.3 is 21.3 Å². The van der Waals surface area contributed by atoms with E-state index in [-0.39, 0.29) is 24.0 Å². The smallest absolute Gasteiger partial charge is 0.273 e. The molecule has 0 radical (unpaired) electrons. The van der Waals surface area contributed by atoms with Crippen LogP contribution in [0, 0.1) is 6.92 Å². The quantitative estimate of drug-likeness (QED) is 0.347. The van der Waals surface area contributed by atoms with Crippen LogP contribution in [0.2, 0.25) is 5.02 Å². The number of amides is 2. The summed E-state index contributed by atoms with van der Waals surface area (Å²) in [7, 11) is 0. The maximum atomic E-state index is 12.6. The van der Waals surface area contributed by atoms with Gasteiger partial charge in [-0.3, -0.25) is 14.7 Å². The number of aromatic nitrogens is 4. The maximum Gasteiger partial charge on any atom is 0.273 e. The number of anilines is 4. The highest BCUT2D eigenvalue weighted by atomic mass is 35.5. The molecule has 3 rings (SSSR count). The minimum Gasteiger partial charge on any atom is -0.355 e. The zero-order valence-electron chi connectivity index (χ0n) is 16.4. The zero-order chi connectivity index (χ0) is 21.5. The number of hydrogen-bond acceptors (Lipinski definition) is 7. The van der Waals surface area contributed by atoms with Gasteiger partial charge in [-0.1, -0.05) is 11.6 Å². The molecular weight excluding hydrogens is 408 g/mol. The van der Waals surface area contributed by atoms with Gasteiger partial charge in [-0.2, -0.15) is 5.10 Å². The Balaban J connectivity index is 1.81. The Labute approximate surface area is 177 Å². The van der Waals surface area contributed by atoms with E-state index in [1.807, 2.05) is 13.0 Å². The molecule has 0 spiro atoms. The SMILES string of the molecule is CC(=O)NCCNC(=O)c1ncc(Nc2cc(C)[nH]n2)nc1Nc1ccc(Cl)cc1. The molecule has 3 aromatic rings. The van der Waals surface area contributed by atoms with Crippen molar-refractivity contribution >= 4 is 46.6 Å². The molecular formula is C19H21ClN8O2. The number of rotatable bonds is 8. The molecule has 10 nitrogen and oxygen atoms in total. The van der Waals surface area contributed by atoms with Gasteiger partial charge in [0.1, 0.15) is 0 Å². The van der Waals surface area contributed by atoms with Gasteiger partial charge in [0.05, 0.1) is 6.20 Å². The van der Waals surface area contributed by atoms with Crippen molar-refractivity contribution < 1.29 is 9.59 Å². The van der Waals surface area contributed by atoms with E-state index in [1.165, 1.54) is 13.1 Å². The lowest BCUT2D eigenvalue weighted by atomic mass is 10.3. The Kier molecular flexibility index (Phi) is 6.81. The van der Waals surface area contributed by atoms with Crippen LogP contribution in [-0.2, 0) is 4.79 Å². The van der Waals surface area contributed by atoms with Crippen molar-refractivity contribution in [3.8, 4) is 0 Å². The number of hydrogen-bond donors (Lipinski definition) is 5. The number of halogens is 1. The van der Waals surface area contributed by atoms with Crippen molar-refractivity contribution in [1.82, 2.24) is 30.8 Å². The highest BCUT2D eigenvalue weighted by Gasteiger charge is 2.16. The minimum absolute atomic E-state index is 0.108. The first kappa shape index (κ1) is 21.1. The lowest BCUT2D eigenvalue weighted by molar-refractivity contribution is -0.118. The molecule has 0 aliphatic heterocycles. The van der Waals surface area contributed by atoms with Crippen LogP contribution in [-0.4, -0.2) is 45.1 Å². The van der Waals surface area contributed by atoms with E-state index in [2.05, 4.69) is 41.4 Å². The van der Waals surface area contributed by atoms with Crippen LogP contribution in [0.5, 0.6) is 0 Å². The molecule has 2 amide bonds. The van der Waals surface area contributed by atoms with Gasteiger partial charge in [0.15, 0.2) is 23.1 Å². The van der Waals surface area contributed by atoms with Gasteiger partial charge in [-0.25, -0.2) is 9.97 Å². The van der Waals surface area contributed by atoms with Crippen molar-refractivity contribution in [3.63, 3.8) is 0 Å². The van der Waals surface area contributed by atoms with Crippen molar-refractivity contribution in [1.29, 1.82) is 0 Å². The molecule has 2 heterocycles. The third-order valence-corrected chi connectivity index (χ3v) is 4.09. The fourth-order valence-corrected chi connectivity index (χ4v) is 2.61. The van der Waals surface area contributed by atoms with Crippen molar-refractivity contribution in [3.05, 3.63) is 52.9 Å². The molecule has 156 valence electrons. The van der Waals surface area contributed by atoms with Gasteiger partial charge in [0.25, 0.3) is 5.91 Å². The third kappa shape index (κ3) is 5.92. The van der Waals surface area contributed by atoms with E-state index in [0.717, 1.165) is 5.69 Å². The first-order valence-electron chi connectivity index (χ1n) is 9.12. The minimum atomic E-state index is -0.425. The fourth-order valence-electron chi connectivity index (χ4n) is 2.48. The normalized spacial score (nSPS) is 10.4. The summed E-state index contributed by atoms with van der Waals surface area (Å²) in [5.41, 5.74) is 1.69. The largest absolute Gasteiger partial charge is 0.355 e. The Morgan fingerprint density at radius 1 is 1.07 bits per heavy atom. The van der Waals surface area contributed by atoms with Gasteiger partial charge in [0.2, 0.25) is 5.91 Å². The predicted octanol–water partition coefficient (Wildman–Crippen LogP) is 2.51. The molecule has 0 bridgehead atoms. The summed E-state index contributed by atoms with van der Waals surface area (Å²) in [5.74, 6) is 0.649. The topological polar surface area (TPSA) is 137 Å². The molecule has 30 heavy (non-hydrogen) atoms. The van der Waals surface area contributed by atoms with E-state index in [9.17, 15) is 9.59 Å². The third-order valence-electron chi connectivity index (χ3n) is 3.84. The predicted molar refractivity (Wildman–Crippen MR) is 114 cm³/mol. The molecule has 0 saturated carbocycles. The molecule has 5 N–H and O–H groups in total. The van der Waals surface area contributed by atoms with Crippen molar-refractivity contribution in [2.45, 2.75) is 13.8 Å². The van der Waals surface area contributed by atoms with Crippen LogP contribution in [0.25, 0.3) is 0 Å². The Bertz CT molecular complexity index is 1040. The molecule has 1 aromatic carbocycles. The molecule has 0 aliphatic rings. The van der Waals surface area contributed by atoms with Crippen molar-refractivity contribution in [2.24, 2.45) is 0 Å². The summed E-state index contributed by atoms with van der Waals surface area (Å²) >= 11 is 5.94. The number of carbonyl (C=O) groups is 2. The van der Waals surface area contributed by atoms with Gasteiger partial charge in [-0.05, 0) is 31.2 Å². The molecule has 0 fully saturated rings. The molecule has 11 heteroatoms. The second-order valence-electron chi connectivity index (χ2n) is 6.38. The van der Waals surface area contributed by atoms with E-state index >= 15 is 0 Å². The number of nitrogens with zero attached hydrogens (tertiary/aromatic N) is 3. The standard InChI is InChI=1S/C19H21ClN8O2/c1-11-9-15(28-27-11)25-16-10-23-17(19(30)22-8-7-21-12(2)29)18(26-16)24-14-5-3-13(20)4-6-14/h3-6,9-10H,7-8H2,1-2H3,(H,21,29)(H,22,30)(H3,24,25,26,27,28). The van der Waals surface area contributed by atoms with Crippen LogP contribution in [0.4, 0.5) is 23.1 Å². The van der Waals surface area contributed by atoms with Crippen LogP contribution < -0.4 is 21.3 Å². The average molecular weight is 429 g/mol. The molecule has 2 aromatic heterocycles. The summed E-state index contributed by atoms with van der Waals surface area (Å²) in [5, 5.41) is 19.0. The van der Waals surface area contributed by atoms with Gasteiger partial charge >= 0.3 is 0 Å². The highest BCUT2D eigenvalue weighted by molar-refractivity contribution is 6.30. The summed E-state index contributed by atoms with van der Waals surface area (Å²) in [6, 6.07) is 8.79. The molecule has 0 aliphatic carbocycles. The summed E-state index contributed by atoms with van der Waals surface area (Å²) < 4.78 is 0. The van der Waals surface area contributed by atoms with Crippen LogP contribution in [0.3, 0.4) is 0 Å². The lowest BCUT2D eigenvalue weighted by Gasteiger charge is -2.13. The second-order valence-corrected chi connectivity index (χ2v) is 6.82. The fraction of sp³-hybridized carbons (Fsp3) is 0.211. The first-order valence-corrected chi connectivity index (χ1v) is 9.50. The molecule has 0 unspecified atom stereocenters. The zero-order valence-corrected chi connectivity index (χ0v) is 17.2. The monoisotopic (exact) mass is 428 g/mol. The Hall–Kier alpha value is -3.66. The maximum absolute atomic E-state index is 12.6. The summed E-state index contributed by atoms with van der Waals surface area (Å²) in [6.45, 7) is 3.86. The number of H-pyrrole nitrogens is 1. The van der Waals surface area contributed by atoms with E-state index in [1.54, 1.807) is 24.3 Å². The van der Waals surface area contributed by atoms with Crippen molar-refractivity contribution in [2.75, 3.05) is 23.7 Å². The van der Waals surface area contributed by atoms with Crippen LogP contribution >= 0.6 is 11.6 Å². The van der Waals surface area contributed by atoms with Gasteiger partial charge in [0, 0.05) is 42.5 Å². The van der Waals surface area contributed by atoms with E-state index in [4.69, 9.17) is 11.6 Å². The van der Waals surface area contributed by atoms with Gasteiger partial charge in [-0.15, -0.1) is 0 Å². The number of nitrogens with one attached hydrogen (secondary N) is 5. The second kappa shape index (κ2) is 9.70. The summed E-state index contributed by atoms with van der Waals surface area (Å²) in [4.78, 5) is 32.3.